The Hall–Kier alpha value is -1.07. The van der Waals surface area contributed by atoms with Gasteiger partial charge in [-0.25, -0.2) is 4.99 Å². The Morgan fingerprint density at radius 2 is 2.27 bits per heavy atom. The van der Waals surface area contributed by atoms with E-state index in [2.05, 4.69) is 10.3 Å². The summed E-state index contributed by atoms with van der Waals surface area (Å²) < 4.78 is 0. The smallest absolute Gasteiger partial charge is 0.196 e. The molecule has 0 aromatic heterocycles. The third-order valence-electron chi connectivity index (χ3n) is 1.60. The monoisotopic (exact) mass is 155 g/mol. The Kier molecular flexibility index (Phi) is 1.84. The Morgan fingerprint density at radius 3 is 2.73 bits per heavy atom. The number of aliphatic imine (C=N–C) groups is 1. The second kappa shape index (κ2) is 2.52. The molecule has 1 rings (SSSR count). The third-order valence-corrected chi connectivity index (χ3v) is 1.60. The second-order valence-corrected chi connectivity index (χ2v) is 2.49. The number of guanidine groups is 1. The zero-order chi connectivity index (χ0) is 8.48. The fourth-order valence-electron chi connectivity index (χ4n) is 0.965. The van der Waals surface area contributed by atoms with Gasteiger partial charge in [-0.05, 0) is 6.42 Å². The molecule has 0 spiro atoms. The maximum atomic E-state index is 5.62. The summed E-state index contributed by atoms with van der Waals surface area (Å²) in [5, 5.41) is 2.74. The molecule has 0 saturated heterocycles. The van der Waals surface area contributed by atoms with E-state index in [1.165, 1.54) is 0 Å². The van der Waals surface area contributed by atoms with Gasteiger partial charge in [0.05, 0.1) is 0 Å². The maximum Gasteiger partial charge on any atom is 0.196 e. The lowest BCUT2D eigenvalue weighted by molar-refractivity contribution is 0.518. The Balaban J connectivity index is 2.87. The van der Waals surface area contributed by atoms with Crippen LogP contribution in [-0.2, 0) is 0 Å². The molecule has 0 aromatic carbocycles. The zero-order valence-electron chi connectivity index (χ0n) is 6.46. The number of hydrogen-bond donors (Lipinski definition) is 4. The average molecular weight is 155 g/mol. The minimum atomic E-state index is -1.12. The summed E-state index contributed by atoms with van der Waals surface area (Å²) in [6, 6.07) is 0. The molecule has 5 nitrogen and oxygen atoms in total. The number of nitrogens with two attached hydrogens (primary N) is 3. The minimum Gasteiger partial charge on any atom is -0.370 e. The SMILES string of the molecule is CCC1=CNC(N)=NC1(N)N. The summed E-state index contributed by atoms with van der Waals surface area (Å²) in [7, 11) is 0. The highest BCUT2D eigenvalue weighted by Crippen LogP contribution is 2.14. The minimum absolute atomic E-state index is 0.257. The molecule has 0 amide bonds. The topological polar surface area (TPSA) is 102 Å². The van der Waals surface area contributed by atoms with E-state index < -0.39 is 5.79 Å². The third kappa shape index (κ3) is 1.50. The predicted octanol–water partition coefficient (Wildman–Crippen LogP) is -1.23. The van der Waals surface area contributed by atoms with Crippen molar-refractivity contribution in [2.24, 2.45) is 22.2 Å². The van der Waals surface area contributed by atoms with Crippen LogP contribution in [0, 0.1) is 0 Å². The first kappa shape index (κ1) is 8.03. The first-order valence-electron chi connectivity index (χ1n) is 3.45. The van der Waals surface area contributed by atoms with Gasteiger partial charge in [-0.1, -0.05) is 6.92 Å². The summed E-state index contributed by atoms with van der Waals surface area (Å²) in [5.74, 6) is -0.864. The molecule has 1 heterocycles. The molecule has 62 valence electrons. The lowest BCUT2D eigenvalue weighted by atomic mass is 10.1. The number of rotatable bonds is 1. The van der Waals surface area contributed by atoms with Crippen molar-refractivity contribution in [3.05, 3.63) is 11.8 Å². The van der Waals surface area contributed by atoms with Crippen LogP contribution < -0.4 is 22.5 Å². The highest BCUT2D eigenvalue weighted by molar-refractivity contribution is 5.80. The Morgan fingerprint density at radius 1 is 1.64 bits per heavy atom. The maximum absolute atomic E-state index is 5.62. The molecule has 0 fully saturated rings. The van der Waals surface area contributed by atoms with Crippen LogP contribution in [0.25, 0.3) is 0 Å². The lowest BCUT2D eigenvalue weighted by Gasteiger charge is -2.26. The first-order chi connectivity index (χ1) is 5.06. The molecular weight excluding hydrogens is 142 g/mol. The van der Waals surface area contributed by atoms with Crippen LogP contribution in [0.1, 0.15) is 13.3 Å². The van der Waals surface area contributed by atoms with E-state index in [0.717, 1.165) is 12.0 Å². The van der Waals surface area contributed by atoms with Gasteiger partial charge in [-0.15, -0.1) is 0 Å². The summed E-state index contributed by atoms with van der Waals surface area (Å²) in [4.78, 5) is 3.84. The lowest BCUT2D eigenvalue weighted by Crippen LogP contribution is -2.54. The Bertz CT molecular complexity index is 215. The van der Waals surface area contributed by atoms with E-state index in [4.69, 9.17) is 17.2 Å². The molecule has 0 unspecified atom stereocenters. The molecule has 0 aromatic rings. The van der Waals surface area contributed by atoms with Crippen LogP contribution in [0.2, 0.25) is 0 Å². The van der Waals surface area contributed by atoms with Gasteiger partial charge < -0.3 is 11.1 Å². The quantitative estimate of drug-likeness (QED) is 0.356. The molecule has 0 atom stereocenters. The van der Waals surface area contributed by atoms with E-state index in [1.807, 2.05) is 6.92 Å². The van der Waals surface area contributed by atoms with Crippen molar-refractivity contribution >= 4 is 5.96 Å². The summed E-state index contributed by atoms with van der Waals surface area (Å²) >= 11 is 0. The van der Waals surface area contributed by atoms with Gasteiger partial charge in [-0.2, -0.15) is 0 Å². The van der Waals surface area contributed by atoms with Gasteiger partial charge in [0, 0.05) is 11.8 Å². The van der Waals surface area contributed by atoms with Crippen molar-refractivity contribution in [3.63, 3.8) is 0 Å². The van der Waals surface area contributed by atoms with Crippen LogP contribution in [0.5, 0.6) is 0 Å². The van der Waals surface area contributed by atoms with Crippen molar-refractivity contribution in [2.45, 2.75) is 19.1 Å². The number of nitrogens with one attached hydrogen (secondary N) is 1. The Labute approximate surface area is 65.3 Å². The van der Waals surface area contributed by atoms with E-state index >= 15 is 0 Å². The molecule has 5 heteroatoms. The summed E-state index contributed by atoms with van der Waals surface area (Å²) in [5.41, 5.74) is 17.5. The molecule has 1 aliphatic heterocycles. The molecule has 11 heavy (non-hydrogen) atoms. The van der Waals surface area contributed by atoms with Gasteiger partial charge in [0.25, 0.3) is 0 Å². The first-order valence-corrected chi connectivity index (χ1v) is 3.45. The molecule has 0 saturated carbocycles. The standard InChI is InChI=1S/C6H13N5/c1-2-4-3-10-5(7)11-6(4,8)9/h3H,2,8-9H2,1H3,(H3,7,10,11). The summed E-state index contributed by atoms with van der Waals surface area (Å²) in [6.45, 7) is 1.96. The van der Waals surface area contributed by atoms with E-state index in [-0.39, 0.29) is 5.96 Å². The summed E-state index contributed by atoms with van der Waals surface area (Å²) in [6.07, 6.45) is 2.46. The van der Waals surface area contributed by atoms with Crippen molar-refractivity contribution < 1.29 is 0 Å². The molecule has 7 N–H and O–H groups in total. The highest BCUT2D eigenvalue weighted by Gasteiger charge is 2.25. The molecule has 0 radical (unpaired) electrons. The number of nitrogens with zero attached hydrogens (tertiary/aromatic N) is 1. The van der Waals surface area contributed by atoms with Crippen molar-refractivity contribution in [3.8, 4) is 0 Å². The van der Waals surface area contributed by atoms with Gasteiger partial charge in [0.2, 0.25) is 0 Å². The van der Waals surface area contributed by atoms with Crippen LogP contribution in [0.3, 0.4) is 0 Å². The molecule has 1 aliphatic rings. The van der Waals surface area contributed by atoms with Crippen LogP contribution >= 0.6 is 0 Å². The van der Waals surface area contributed by atoms with Gasteiger partial charge in [0.15, 0.2) is 11.7 Å². The van der Waals surface area contributed by atoms with Gasteiger partial charge in [0.1, 0.15) is 0 Å². The molecule has 0 bridgehead atoms. The van der Waals surface area contributed by atoms with Gasteiger partial charge >= 0.3 is 0 Å². The fourth-order valence-corrected chi connectivity index (χ4v) is 0.965. The van der Waals surface area contributed by atoms with E-state index in [0.29, 0.717) is 0 Å². The normalized spacial score (nSPS) is 21.7. The van der Waals surface area contributed by atoms with Crippen molar-refractivity contribution in [2.75, 3.05) is 0 Å². The zero-order valence-corrected chi connectivity index (χ0v) is 6.46. The van der Waals surface area contributed by atoms with Crippen molar-refractivity contribution in [1.29, 1.82) is 0 Å². The predicted molar refractivity (Wildman–Crippen MR) is 44.2 cm³/mol. The van der Waals surface area contributed by atoms with Gasteiger partial charge in [-0.3, -0.25) is 11.5 Å². The van der Waals surface area contributed by atoms with Crippen LogP contribution in [0.15, 0.2) is 16.8 Å². The van der Waals surface area contributed by atoms with Crippen LogP contribution in [0.4, 0.5) is 0 Å². The van der Waals surface area contributed by atoms with E-state index in [1.54, 1.807) is 6.20 Å². The van der Waals surface area contributed by atoms with E-state index in [9.17, 15) is 0 Å². The fraction of sp³-hybridized carbons (Fsp3) is 0.500. The van der Waals surface area contributed by atoms with Crippen LogP contribution in [-0.4, -0.2) is 11.7 Å². The second-order valence-electron chi connectivity index (χ2n) is 2.49. The average Bonchev–Trinajstić information content (AvgIpc) is 1.85. The molecular formula is C6H13N5. The largest absolute Gasteiger partial charge is 0.370 e. The van der Waals surface area contributed by atoms with Crippen molar-refractivity contribution in [1.82, 2.24) is 5.32 Å². The highest BCUT2D eigenvalue weighted by atomic mass is 15.3. The number of hydrogen-bond acceptors (Lipinski definition) is 5. The molecule has 0 aliphatic carbocycles.